The van der Waals surface area contributed by atoms with Crippen LogP contribution in [0.2, 0.25) is 0 Å². The first-order valence-corrected chi connectivity index (χ1v) is 4.41. The molecule has 0 unspecified atom stereocenters. The summed E-state index contributed by atoms with van der Waals surface area (Å²) in [5, 5.41) is 8.41. The van der Waals surface area contributed by atoms with Crippen molar-refractivity contribution < 1.29 is 19.4 Å². The fourth-order valence-corrected chi connectivity index (χ4v) is 0.659. The number of aliphatic carboxylic acids is 1. The van der Waals surface area contributed by atoms with Gasteiger partial charge in [0.2, 0.25) is 0 Å². The second kappa shape index (κ2) is 4.72. The number of rotatable bonds is 6. The molecule has 0 aromatic rings. The molecule has 0 rings (SSSR count). The highest BCUT2D eigenvalue weighted by atomic mass is 16.6. The zero-order chi connectivity index (χ0) is 11.4. The fraction of sp³-hybridized carbons (Fsp3) is 0.889. The number of ether oxygens (including phenoxy) is 2. The van der Waals surface area contributed by atoms with E-state index in [9.17, 15) is 4.79 Å². The second-order valence-corrected chi connectivity index (χ2v) is 4.33. The van der Waals surface area contributed by atoms with E-state index < -0.39 is 17.3 Å². The summed E-state index contributed by atoms with van der Waals surface area (Å²) < 4.78 is 10.4. The van der Waals surface area contributed by atoms with E-state index in [2.05, 4.69) is 0 Å². The summed E-state index contributed by atoms with van der Waals surface area (Å²) >= 11 is 0. The van der Waals surface area contributed by atoms with Crippen LogP contribution in [0, 0.1) is 0 Å². The van der Waals surface area contributed by atoms with E-state index in [1.54, 1.807) is 27.7 Å². The molecule has 14 heavy (non-hydrogen) atoms. The summed E-state index contributed by atoms with van der Waals surface area (Å²) in [5.74, 6) is -0.995. The average molecular weight is 205 g/mol. The standard InChI is InChI=1S/C9H19NO4/c1-8(2,13-5-7(11)12)6-14-9(3,4)10/h5-6,10H2,1-4H3,(H,11,12). The van der Waals surface area contributed by atoms with Crippen molar-refractivity contribution in [3.63, 3.8) is 0 Å². The Balaban J connectivity index is 3.89. The van der Waals surface area contributed by atoms with Gasteiger partial charge in [0.25, 0.3) is 0 Å². The maximum atomic E-state index is 10.3. The van der Waals surface area contributed by atoms with Crippen LogP contribution >= 0.6 is 0 Å². The molecule has 0 bridgehead atoms. The van der Waals surface area contributed by atoms with E-state index in [0.717, 1.165) is 0 Å². The molecule has 5 nitrogen and oxygen atoms in total. The topological polar surface area (TPSA) is 81.8 Å². The Morgan fingerprint density at radius 1 is 1.29 bits per heavy atom. The smallest absolute Gasteiger partial charge is 0.329 e. The van der Waals surface area contributed by atoms with E-state index in [-0.39, 0.29) is 13.2 Å². The number of carbonyl (C=O) groups is 1. The van der Waals surface area contributed by atoms with E-state index >= 15 is 0 Å². The molecular weight excluding hydrogens is 186 g/mol. The second-order valence-electron chi connectivity index (χ2n) is 4.33. The molecule has 0 aromatic heterocycles. The molecule has 0 saturated carbocycles. The largest absolute Gasteiger partial charge is 0.480 e. The minimum absolute atomic E-state index is 0.254. The summed E-state index contributed by atoms with van der Waals surface area (Å²) in [6, 6.07) is 0. The van der Waals surface area contributed by atoms with Crippen LogP contribution in [0.3, 0.4) is 0 Å². The molecule has 5 heteroatoms. The van der Waals surface area contributed by atoms with Gasteiger partial charge in [-0.25, -0.2) is 4.79 Å². The lowest BCUT2D eigenvalue weighted by Gasteiger charge is -2.29. The lowest BCUT2D eigenvalue weighted by molar-refractivity contribution is -0.156. The third kappa shape index (κ3) is 7.97. The normalized spacial score (nSPS) is 12.9. The maximum Gasteiger partial charge on any atom is 0.329 e. The summed E-state index contributed by atoms with van der Waals surface area (Å²) in [6.07, 6.45) is 0. The average Bonchev–Trinajstić information content (AvgIpc) is 1.97. The highest BCUT2D eigenvalue weighted by molar-refractivity contribution is 5.68. The van der Waals surface area contributed by atoms with Crippen LogP contribution < -0.4 is 5.73 Å². The quantitative estimate of drug-likeness (QED) is 0.620. The number of hydrogen-bond donors (Lipinski definition) is 2. The van der Waals surface area contributed by atoms with Crippen molar-refractivity contribution in [3.05, 3.63) is 0 Å². The number of nitrogens with two attached hydrogens (primary N) is 1. The molecule has 84 valence electrons. The Hall–Kier alpha value is -0.650. The third-order valence-electron chi connectivity index (χ3n) is 1.38. The van der Waals surface area contributed by atoms with Crippen LogP contribution in [0.4, 0.5) is 0 Å². The van der Waals surface area contributed by atoms with E-state index in [1.807, 2.05) is 0 Å². The van der Waals surface area contributed by atoms with E-state index in [4.69, 9.17) is 20.3 Å². The van der Waals surface area contributed by atoms with Crippen LogP contribution in [0.25, 0.3) is 0 Å². The predicted molar refractivity (Wildman–Crippen MR) is 51.9 cm³/mol. The monoisotopic (exact) mass is 205 g/mol. The Kier molecular flexibility index (Phi) is 4.51. The summed E-state index contributed by atoms with van der Waals surface area (Å²) in [7, 11) is 0. The van der Waals surface area contributed by atoms with Gasteiger partial charge in [-0.05, 0) is 27.7 Å². The first-order chi connectivity index (χ1) is 6.12. The van der Waals surface area contributed by atoms with Crippen LogP contribution in [0.5, 0.6) is 0 Å². The van der Waals surface area contributed by atoms with Crippen molar-refractivity contribution in [2.45, 2.75) is 39.0 Å². The highest BCUT2D eigenvalue weighted by Crippen LogP contribution is 2.12. The van der Waals surface area contributed by atoms with Gasteiger partial charge in [-0.2, -0.15) is 0 Å². The van der Waals surface area contributed by atoms with Gasteiger partial charge in [-0.15, -0.1) is 0 Å². The molecule has 0 heterocycles. The van der Waals surface area contributed by atoms with Gasteiger partial charge < -0.3 is 20.3 Å². The SMILES string of the molecule is CC(C)(N)OCC(C)(C)OCC(=O)O. The van der Waals surface area contributed by atoms with Gasteiger partial charge >= 0.3 is 5.97 Å². The fourth-order valence-electron chi connectivity index (χ4n) is 0.659. The zero-order valence-corrected chi connectivity index (χ0v) is 9.16. The maximum absolute atomic E-state index is 10.3. The highest BCUT2D eigenvalue weighted by Gasteiger charge is 2.23. The molecule has 0 atom stereocenters. The van der Waals surface area contributed by atoms with Gasteiger partial charge in [0.1, 0.15) is 12.3 Å². The molecule has 0 aromatic carbocycles. The summed E-state index contributed by atoms with van der Waals surface area (Å²) in [5.41, 5.74) is 4.23. The Bertz CT molecular complexity index is 195. The van der Waals surface area contributed by atoms with Crippen molar-refractivity contribution in [2.24, 2.45) is 5.73 Å². The number of hydrogen-bond acceptors (Lipinski definition) is 4. The van der Waals surface area contributed by atoms with Crippen molar-refractivity contribution in [1.29, 1.82) is 0 Å². The molecular formula is C9H19NO4. The predicted octanol–water partition coefficient (Wildman–Crippen LogP) is 0.578. The van der Waals surface area contributed by atoms with Gasteiger partial charge in [0.15, 0.2) is 0 Å². The zero-order valence-electron chi connectivity index (χ0n) is 9.16. The Labute approximate surface area is 84.2 Å². The first-order valence-electron chi connectivity index (χ1n) is 4.41. The Morgan fingerprint density at radius 2 is 1.79 bits per heavy atom. The van der Waals surface area contributed by atoms with Crippen LogP contribution in [0.1, 0.15) is 27.7 Å². The van der Waals surface area contributed by atoms with Gasteiger partial charge in [0.05, 0.1) is 12.2 Å². The van der Waals surface area contributed by atoms with E-state index in [1.165, 1.54) is 0 Å². The van der Waals surface area contributed by atoms with Crippen molar-refractivity contribution >= 4 is 5.97 Å². The van der Waals surface area contributed by atoms with Crippen molar-refractivity contribution in [3.8, 4) is 0 Å². The van der Waals surface area contributed by atoms with Gasteiger partial charge in [-0.1, -0.05) is 0 Å². The minimum atomic E-state index is -0.995. The van der Waals surface area contributed by atoms with Gasteiger partial charge in [-0.3, -0.25) is 0 Å². The summed E-state index contributed by atoms with van der Waals surface area (Å²) in [6.45, 7) is 6.87. The third-order valence-corrected chi connectivity index (χ3v) is 1.38. The van der Waals surface area contributed by atoms with Gasteiger partial charge in [0, 0.05) is 0 Å². The van der Waals surface area contributed by atoms with Crippen LogP contribution in [0.15, 0.2) is 0 Å². The van der Waals surface area contributed by atoms with Crippen LogP contribution in [-0.4, -0.2) is 35.6 Å². The molecule has 0 aliphatic heterocycles. The summed E-state index contributed by atoms with van der Waals surface area (Å²) in [4.78, 5) is 10.3. The minimum Gasteiger partial charge on any atom is -0.480 e. The lowest BCUT2D eigenvalue weighted by atomic mass is 10.1. The lowest BCUT2D eigenvalue weighted by Crippen LogP contribution is -2.42. The molecule has 0 amide bonds. The van der Waals surface area contributed by atoms with Crippen LogP contribution in [-0.2, 0) is 14.3 Å². The molecule has 3 N–H and O–H groups in total. The number of carboxylic acids is 1. The molecule has 0 aliphatic carbocycles. The first kappa shape index (κ1) is 13.4. The number of carboxylic acid groups (broad SMARTS) is 1. The molecule has 0 aliphatic rings. The molecule has 0 saturated heterocycles. The Morgan fingerprint density at radius 3 is 2.14 bits per heavy atom. The van der Waals surface area contributed by atoms with Crippen molar-refractivity contribution in [1.82, 2.24) is 0 Å². The van der Waals surface area contributed by atoms with Crippen molar-refractivity contribution in [2.75, 3.05) is 13.2 Å². The molecule has 0 radical (unpaired) electrons. The molecule has 0 spiro atoms. The molecule has 0 fully saturated rings. The van der Waals surface area contributed by atoms with E-state index in [0.29, 0.717) is 0 Å².